The van der Waals surface area contributed by atoms with Gasteiger partial charge in [0.1, 0.15) is 18.7 Å². The number of aldehydes is 1. The van der Waals surface area contributed by atoms with E-state index >= 15 is 4.39 Å². The normalized spacial score (nSPS) is 20.8. The Kier molecular flexibility index (Phi) is 13.1. The number of hydrogen-bond acceptors (Lipinski definition) is 7. The van der Waals surface area contributed by atoms with E-state index in [0.29, 0.717) is 56.1 Å². The molecule has 2 aliphatic rings. The summed E-state index contributed by atoms with van der Waals surface area (Å²) in [6, 6.07) is 2.88. The molecule has 1 N–H and O–H groups in total. The molecular formula is C30H44FN3O5S. The molecule has 0 bridgehead atoms. The molecule has 0 spiro atoms. The summed E-state index contributed by atoms with van der Waals surface area (Å²) in [4.78, 5) is 39.8. The molecule has 10 heteroatoms. The highest BCUT2D eigenvalue weighted by molar-refractivity contribution is 7.79. The molecule has 1 saturated carbocycles. The summed E-state index contributed by atoms with van der Waals surface area (Å²) in [5.41, 5.74) is 2.07. The average molecular weight is 578 g/mol. The van der Waals surface area contributed by atoms with Crippen LogP contribution in [0.4, 0.5) is 4.39 Å². The Labute approximate surface area is 242 Å². The monoisotopic (exact) mass is 577 g/mol. The molecule has 2 amide bonds. The summed E-state index contributed by atoms with van der Waals surface area (Å²) in [5, 5.41) is 4.03. The highest BCUT2D eigenvalue weighted by Gasteiger charge is 2.28. The lowest BCUT2D eigenvalue weighted by atomic mass is 9.87. The number of thiocarbonyl (C=S) groups is 1. The number of amides is 2. The molecule has 3 rings (SSSR count). The summed E-state index contributed by atoms with van der Waals surface area (Å²) in [7, 11) is 3.38. The SMILES string of the molecule is CCOC1CCC(OCC(=O)N2CCC(c3cc(CN(C)C(C=O)CCC(=O)NC)c(C=S)cc3F)CC2)CC1. The van der Waals surface area contributed by atoms with Crippen molar-refractivity contribution in [2.24, 2.45) is 0 Å². The van der Waals surface area contributed by atoms with Crippen molar-refractivity contribution >= 4 is 35.7 Å². The zero-order valence-electron chi connectivity index (χ0n) is 24.0. The first-order valence-electron chi connectivity index (χ1n) is 14.4. The minimum absolute atomic E-state index is 0.0131. The van der Waals surface area contributed by atoms with Crippen LogP contribution in [-0.2, 0) is 30.4 Å². The van der Waals surface area contributed by atoms with Crippen LogP contribution < -0.4 is 5.32 Å². The summed E-state index contributed by atoms with van der Waals surface area (Å²) in [5.74, 6) is -0.451. The largest absolute Gasteiger partial charge is 0.379 e. The van der Waals surface area contributed by atoms with Crippen molar-refractivity contribution in [2.45, 2.75) is 89.0 Å². The average Bonchev–Trinajstić information content (AvgIpc) is 2.97. The molecule has 1 unspecified atom stereocenters. The number of nitrogens with zero attached hydrogens (tertiary/aromatic N) is 2. The van der Waals surface area contributed by atoms with Gasteiger partial charge >= 0.3 is 0 Å². The van der Waals surface area contributed by atoms with Crippen molar-refractivity contribution in [2.75, 3.05) is 40.4 Å². The van der Waals surface area contributed by atoms with Crippen LogP contribution in [0.15, 0.2) is 12.1 Å². The molecule has 8 nitrogen and oxygen atoms in total. The second-order valence-corrected chi connectivity index (χ2v) is 11.1. The molecule has 1 aliphatic heterocycles. The molecule has 40 heavy (non-hydrogen) atoms. The zero-order chi connectivity index (χ0) is 29.1. The molecule has 1 heterocycles. The first-order valence-corrected chi connectivity index (χ1v) is 14.9. The van der Waals surface area contributed by atoms with Gasteiger partial charge in [0.15, 0.2) is 0 Å². The topological polar surface area (TPSA) is 88.2 Å². The predicted molar refractivity (Wildman–Crippen MR) is 156 cm³/mol. The van der Waals surface area contributed by atoms with Gasteiger partial charge in [-0.3, -0.25) is 14.5 Å². The van der Waals surface area contributed by atoms with E-state index in [9.17, 15) is 14.4 Å². The van der Waals surface area contributed by atoms with Gasteiger partial charge in [-0.2, -0.15) is 0 Å². The molecule has 1 aromatic carbocycles. The zero-order valence-corrected chi connectivity index (χ0v) is 24.8. The van der Waals surface area contributed by atoms with Gasteiger partial charge in [-0.05, 0) is 87.6 Å². The number of rotatable bonds is 14. The molecule has 1 aliphatic carbocycles. The fourth-order valence-electron chi connectivity index (χ4n) is 5.72. The highest BCUT2D eigenvalue weighted by atomic mass is 32.1. The van der Waals surface area contributed by atoms with Gasteiger partial charge < -0.3 is 24.5 Å². The lowest BCUT2D eigenvalue weighted by molar-refractivity contribution is -0.140. The molecule has 0 radical (unpaired) electrons. The van der Waals surface area contributed by atoms with Crippen molar-refractivity contribution in [3.63, 3.8) is 0 Å². The van der Waals surface area contributed by atoms with Gasteiger partial charge in [-0.1, -0.05) is 18.3 Å². The van der Waals surface area contributed by atoms with Gasteiger partial charge in [0.2, 0.25) is 11.8 Å². The van der Waals surface area contributed by atoms with Crippen LogP contribution in [-0.4, -0.2) is 91.9 Å². The molecule has 1 saturated heterocycles. The number of halogens is 1. The number of likely N-dealkylation sites (tertiary alicyclic amines) is 1. The summed E-state index contributed by atoms with van der Waals surface area (Å²) in [6.07, 6.45) is 6.98. The lowest BCUT2D eigenvalue weighted by Crippen LogP contribution is -2.41. The number of hydrogen-bond donors (Lipinski definition) is 1. The maximum atomic E-state index is 15.2. The number of carbonyl (C=O) groups is 3. The minimum atomic E-state index is -0.444. The third-order valence-electron chi connectivity index (χ3n) is 8.23. The Bertz CT molecular complexity index is 1010. The van der Waals surface area contributed by atoms with E-state index in [1.54, 1.807) is 7.05 Å². The number of carbonyl (C=O) groups excluding carboxylic acids is 3. The Morgan fingerprint density at radius 1 is 1.15 bits per heavy atom. The van der Waals surface area contributed by atoms with Gasteiger partial charge in [-0.15, -0.1) is 0 Å². The van der Waals surface area contributed by atoms with E-state index in [1.165, 1.54) is 11.4 Å². The van der Waals surface area contributed by atoms with E-state index in [2.05, 4.69) is 5.32 Å². The van der Waals surface area contributed by atoms with Crippen molar-refractivity contribution in [1.82, 2.24) is 15.1 Å². The van der Waals surface area contributed by atoms with E-state index in [4.69, 9.17) is 21.7 Å². The third-order valence-corrected chi connectivity index (χ3v) is 8.48. The van der Waals surface area contributed by atoms with Crippen LogP contribution in [0.25, 0.3) is 0 Å². The second kappa shape index (κ2) is 16.2. The van der Waals surface area contributed by atoms with Crippen LogP contribution in [0.2, 0.25) is 0 Å². The Hall–Kier alpha value is -2.27. The second-order valence-electron chi connectivity index (χ2n) is 10.8. The molecule has 2 fully saturated rings. The van der Waals surface area contributed by atoms with Crippen molar-refractivity contribution in [3.05, 3.63) is 34.6 Å². The van der Waals surface area contributed by atoms with Crippen LogP contribution in [0.5, 0.6) is 0 Å². The van der Waals surface area contributed by atoms with Crippen LogP contribution in [0.1, 0.15) is 80.9 Å². The first-order chi connectivity index (χ1) is 19.3. The number of likely N-dealkylation sites (N-methyl/N-ethyl adjacent to an activating group) is 1. The van der Waals surface area contributed by atoms with Crippen molar-refractivity contribution < 1.29 is 28.2 Å². The lowest BCUT2D eigenvalue weighted by Gasteiger charge is -2.34. The van der Waals surface area contributed by atoms with Gasteiger partial charge in [-0.25, -0.2) is 4.39 Å². The summed E-state index contributed by atoms with van der Waals surface area (Å²) in [6.45, 7) is 4.33. The smallest absolute Gasteiger partial charge is 0.248 e. The molecule has 1 aromatic rings. The van der Waals surface area contributed by atoms with E-state index < -0.39 is 6.04 Å². The maximum absolute atomic E-state index is 15.2. The fraction of sp³-hybridized carbons (Fsp3) is 0.667. The number of ether oxygens (including phenoxy) is 2. The standard InChI is InChI=1S/C30H44FN3O5S/c1-4-38-25-6-8-26(9-7-25)39-19-30(37)34-13-11-21(12-14-34)27-15-22(23(20-40)16-28(27)31)17-33(3)24(18-35)5-10-29(36)32-2/h15-16,18,20-21,24-26H,4-14,17,19H2,1-3H3,(H,32,36). The summed E-state index contributed by atoms with van der Waals surface area (Å²) >= 11 is 5.15. The number of benzene rings is 1. The molecule has 222 valence electrons. The Balaban J connectivity index is 1.55. The van der Waals surface area contributed by atoms with E-state index in [1.807, 2.05) is 29.8 Å². The fourth-order valence-corrected chi connectivity index (χ4v) is 5.94. The van der Waals surface area contributed by atoms with Crippen molar-refractivity contribution in [1.29, 1.82) is 0 Å². The van der Waals surface area contributed by atoms with E-state index in [0.717, 1.165) is 44.1 Å². The van der Waals surface area contributed by atoms with Crippen LogP contribution >= 0.6 is 12.2 Å². The number of piperidine rings is 1. The highest BCUT2D eigenvalue weighted by Crippen LogP contribution is 2.32. The Morgan fingerprint density at radius 3 is 2.38 bits per heavy atom. The molecule has 1 atom stereocenters. The molecule has 0 aromatic heterocycles. The Morgan fingerprint density at radius 2 is 1.80 bits per heavy atom. The number of nitrogens with one attached hydrogen (secondary N) is 1. The van der Waals surface area contributed by atoms with Gasteiger partial charge in [0.25, 0.3) is 0 Å². The van der Waals surface area contributed by atoms with Crippen LogP contribution in [0, 0.1) is 5.82 Å². The quantitative estimate of drug-likeness (QED) is 0.266. The minimum Gasteiger partial charge on any atom is -0.379 e. The molecular weight excluding hydrogens is 533 g/mol. The first kappa shape index (κ1) is 32.2. The van der Waals surface area contributed by atoms with Crippen molar-refractivity contribution in [3.8, 4) is 0 Å². The van der Waals surface area contributed by atoms with Crippen LogP contribution in [0.3, 0.4) is 0 Å². The van der Waals surface area contributed by atoms with Gasteiger partial charge in [0, 0.05) is 45.1 Å². The van der Waals surface area contributed by atoms with Gasteiger partial charge in [0.05, 0.1) is 18.2 Å². The predicted octanol–water partition coefficient (Wildman–Crippen LogP) is 3.77. The summed E-state index contributed by atoms with van der Waals surface area (Å²) < 4.78 is 26.8. The third kappa shape index (κ3) is 9.12. The van der Waals surface area contributed by atoms with E-state index in [-0.39, 0.29) is 42.7 Å². The maximum Gasteiger partial charge on any atom is 0.248 e.